The lowest BCUT2D eigenvalue weighted by Crippen LogP contribution is -2.13. The van der Waals surface area contributed by atoms with E-state index < -0.39 is 11.7 Å². The molecular weight excluding hydrogens is 283 g/mol. The number of hydrogen-bond donors (Lipinski definition) is 2. The molecule has 0 saturated carbocycles. The quantitative estimate of drug-likeness (QED) is 0.854. The zero-order valence-corrected chi connectivity index (χ0v) is 11.4. The second-order valence-corrected chi connectivity index (χ2v) is 4.47. The van der Waals surface area contributed by atoms with Gasteiger partial charge in [0, 0.05) is 10.6 Å². The van der Waals surface area contributed by atoms with Gasteiger partial charge in [-0.05, 0) is 36.4 Å². The van der Waals surface area contributed by atoms with Crippen LogP contribution in [0, 0.1) is 5.82 Å². The Bertz CT molecular complexity index is 662. The highest BCUT2D eigenvalue weighted by Gasteiger charge is 2.11. The molecule has 0 heterocycles. The molecule has 1 amide bonds. The summed E-state index contributed by atoms with van der Waals surface area (Å²) < 4.78 is 18.3. The molecule has 3 N–H and O–H groups in total. The number of amides is 1. The summed E-state index contributed by atoms with van der Waals surface area (Å²) in [6, 6.07) is 8.64. The van der Waals surface area contributed by atoms with E-state index in [9.17, 15) is 9.18 Å². The highest BCUT2D eigenvalue weighted by molar-refractivity contribution is 6.31. The van der Waals surface area contributed by atoms with Crippen LogP contribution in [-0.2, 0) is 0 Å². The van der Waals surface area contributed by atoms with Gasteiger partial charge in [0.05, 0.1) is 18.5 Å². The second kappa shape index (κ2) is 5.79. The van der Waals surface area contributed by atoms with Crippen LogP contribution in [0.15, 0.2) is 36.4 Å². The second-order valence-electron chi connectivity index (χ2n) is 4.04. The maximum absolute atomic E-state index is 13.5. The summed E-state index contributed by atoms with van der Waals surface area (Å²) in [6.45, 7) is 0. The number of anilines is 2. The molecule has 20 heavy (non-hydrogen) atoms. The van der Waals surface area contributed by atoms with E-state index in [-0.39, 0.29) is 11.3 Å². The van der Waals surface area contributed by atoms with Gasteiger partial charge in [0.15, 0.2) is 11.6 Å². The van der Waals surface area contributed by atoms with Gasteiger partial charge in [-0.25, -0.2) is 4.39 Å². The summed E-state index contributed by atoms with van der Waals surface area (Å²) >= 11 is 5.77. The molecule has 4 nitrogen and oxygen atoms in total. The Kier molecular flexibility index (Phi) is 4.10. The third-order valence-electron chi connectivity index (χ3n) is 2.68. The van der Waals surface area contributed by atoms with Crippen molar-refractivity contribution in [3.8, 4) is 5.75 Å². The topological polar surface area (TPSA) is 64.3 Å². The Morgan fingerprint density at radius 3 is 2.65 bits per heavy atom. The zero-order valence-electron chi connectivity index (χ0n) is 10.6. The van der Waals surface area contributed by atoms with Crippen molar-refractivity contribution in [1.29, 1.82) is 0 Å². The van der Waals surface area contributed by atoms with Crippen LogP contribution in [0.1, 0.15) is 10.4 Å². The molecule has 0 aliphatic heterocycles. The van der Waals surface area contributed by atoms with Crippen molar-refractivity contribution >= 4 is 28.9 Å². The monoisotopic (exact) mass is 294 g/mol. The number of ether oxygens (including phenoxy) is 1. The van der Waals surface area contributed by atoms with Crippen LogP contribution in [0.25, 0.3) is 0 Å². The highest BCUT2D eigenvalue weighted by Crippen LogP contribution is 2.24. The lowest BCUT2D eigenvalue weighted by Gasteiger charge is -2.09. The van der Waals surface area contributed by atoms with Gasteiger partial charge in [0.25, 0.3) is 5.91 Å². The van der Waals surface area contributed by atoms with E-state index >= 15 is 0 Å². The highest BCUT2D eigenvalue weighted by atomic mass is 35.5. The normalized spacial score (nSPS) is 10.2. The molecule has 2 rings (SSSR count). The first kappa shape index (κ1) is 14.1. The number of nitrogens with two attached hydrogens (primary N) is 1. The molecule has 2 aromatic carbocycles. The van der Waals surface area contributed by atoms with Gasteiger partial charge in [0.2, 0.25) is 0 Å². The number of carbonyl (C=O) groups excluding carboxylic acids is 1. The molecule has 0 fully saturated rings. The maximum Gasteiger partial charge on any atom is 0.255 e. The van der Waals surface area contributed by atoms with E-state index in [1.807, 2.05) is 0 Å². The molecule has 0 saturated heterocycles. The molecule has 0 spiro atoms. The first-order valence-electron chi connectivity index (χ1n) is 5.71. The maximum atomic E-state index is 13.5. The molecule has 0 aromatic heterocycles. The number of methoxy groups -OCH3 is 1. The molecule has 6 heteroatoms. The Hall–Kier alpha value is -2.27. The zero-order chi connectivity index (χ0) is 14.7. The van der Waals surface area contributed by atoms with E-state index in [4.69, 9.17) is 22.1 Å². The smallest absolute Gasteiger partial charge is 0.255 e. The van der Waals surface area contributed by atoms with Gasteiger partial charge >= 0.3 is 0 Å². The largest absolute Gasteiger partial charge is 0.494 e. The van der Waals surface area contributed by atoms with Gasteiger partial charge < -0.3 is 15.8 Å². The average molecular weight is 295 g/mol. The predicted octanol–water partition coefficient (Wildman–Crippen LogP) is 3.32. The van der Waals surface area contributed by atoms with Crippen molar-refractivity contribution in [3.63, 3.8) is 0 Å². The third-order valence-corrected chi connectivity index (χ3v) is 2.91. The molecule has 0 radical (unpaired) electrons. The van der Waals surface area contributed by atoms with E-state index in [1.165, 1.54) is 25.3 Å². The number of rotatable bonds is 3. The van der Waals surface area contributed by atoms with Crippen molar-refractivity contribution in [2.24, 2.45) is 0 Å². The van der Waals surface area contributed by atoms with E-state index in [1.54, 1.807) is 12.1 Å². The summed E-state index contributed by atoms with van der Waals surface area (Å²) in [5.41, 5.74) is 6.64. The SMILES string of the molecule is COc1ccc(C(=O)Nc2ccc(Cl)cc2N)cc1F. The van der Waals surface area contributed by atoms with Crippen LogP contribution in [0.2, 0.25) is 5.02 Å². The van der Waals surface area contributed by atoms with E-state index in [2.05, 4.69) is 5.32 Å². The minimum Gasteiger partial charge on any atom is -0.494 e. The van der Waals surface area contributed by atoms with Crippen LogP contribution < -0.4 is 15.8 Å². The van der Waals surface area contributed by atoms with E-state index in [0.717, 1.165) is 6.07 Å². The van der Waals surface area contributed by atoms with Crippen LogP contribution in [0.4, 0.5) is 15.8 Å². The fourth-order valence-corrected chi connectivity index (χ4v) is 1.83. The lowest BCUT2D eigenvalue weighted by molar-refractivity contribution is 0.102. The third kappa shape index (κ3) is 3.00. The van der Waals surface area contributed by atoms with Crippen LogP contribution in [0.3, 0.4) is 0 Å². The Morgan fingerprint density at radius 2 is 2.05 bits per heavy atom. The first-order chi connectivity index (χ1) is 9.51. The number of carbonyl (C=O) groups is 1. The van der Waals surface area contributed by atoms with Crippen molar-refractivity contribution in [3.05, 3.63) is 52.8 Å². The molecule has 104 valence electrons. The van der Waals surface area contributed by atoms with E-state index in [0.29, 0.717) is 16.4 Å². The van der Waals surface area contributed by atoms with Crippen molar-refractivity contribution in [1.82, 2.24) is 0 Å². The number of halogens is 2. The summed E-state index contributed by atoms with van der Waals surface area (Å²) in [6.07, 6.45) is 0. The standard InChI is InChI=1S/C14H12ClFN2O2/c1-20-13-5-2-8(6-10(13)16)14(19)18-12-4-3-9(15)7-11(12)17/h2-7H,17H2,1H3,(H,18,19). The summed E-state index contributed by atoms with van der Waals surface area (Å²) in [5, 5.41) is 3.06. The molecule has 2 aromatic rings. The Balaban J connectivity index is 2.21. The first-order valence-corrected chi connectivity index (χ1v) is 6.09. The summed E-state index contributed by atoms with van der Waals surface area (Å²) in [7, 11) is 1.35. The number of hydrogen-bond acceptors (Lipinski definition) is 3. The molecule has 0 atom stereocenters. The van der Waals surface area contributed by atoms with Gasteiger partial charge in [-0.15, -0.1) is 0 Å². The number of nitrogens with one attached hydrogen (secondary N) is 1. The van der Waals surface area contributed by atoms with Gasteiger partial charge in [-0.2, -0.15) is 0 Å². The molecular formula is C14H12ClFN2O2. The summed E-state index contributed by atoms with van der Waals surface area (Å²) in [5.74, 6) is -1.00. The average Bonchev–Trinajstić information content (AvgIpc) is 2.41. The molecule has 0 aliphatic rings. The minimum atomic E-state index is -0.607. The molecule has 0 bridgehead atoms. The minimum absolute atomic E-state index is 0.0764. The summed E-state index contributed by atoms with van der Waals surface area (Å²) in [4.78, 5) is 12.0. The predicted molar refractivity (Wildman–Crippen MR) is 76.8 cm³/mol. The van der Waals surface area contributed by atoms with Crippen LogP contribution in [0.5, 0.6) is 5.75 Å². The number of nitrogen functional groups attached to an aromatic ring is 1. The van der Waals surface area contributed by atoms with Crippen molar-refractivity contribution in [2.45, 2.75) is 0 Å². The van der Waals surface area contributed by atoms with Gasteiger partial charge in [-0.1, -0.05) is 11.6 Å². The van der Waals surface area contributed by atoms with Crippen molar-refractivity contribution < 1.29 is 13.9 Å². The molecule has 0 aliphatic carbocycles. The lowest BCUT2D eigenvalue weighted by atomic mass is 10.2. The van der Waals surface area contributed by atoms with Gasteiger partial charge in [-0.3, -0.25) is 4.79 Å². The fraction of sp³-hybridized carbons (Fsp3) is 0.0714. The van der Waals surface area contributed by atoms with Crippen LogP contribution >= 0.6 is 11.6 Å². The van der Waals surface area contributed by atoms with Crippen molar-refractivity contribution in [2.75, 3.05) is 18.2 Å². The van der Waals surface area contributed by atoms with Crippen LogP contribution in [-0.4, -0.2) is 13.0 Å². The fourth-order valence-electron chi connectivity index (χ4n) is 1.65. The molecule has 0 unspecified atom stereocenters. The van der Waals surface area contributed by atoms with Gasteiger partial charge in [0.1, 0.15) is 0 Å². The Morgan fingerprint density at radius 1 is 1.30 bits per heavy atom. The Labute approximate surface area is 120 Å². The number of benzene rings is 2.